The van der Waals surface area contributed by atoms with Gasteiger partial charge < -0.3 is 19.8 Å². The van der Waals surface area contributed by atoms with Crippen LogP contribution in [0.5, 0.6) is 5.75 Å². The van der Waals surface area contributed by atoms with E-state index in [0.717, 1.165) is 19.6 Å². The van der Waals surface area contributed by atoms with E-state index < -0.39 is 17.7 Å². The molecule has 5 rings (SSSR count). The van der Waals surface area contributed by atoms with Gasteiger partial charge >= 0.3 is 0 Å². The Labute approximate surface area is 202 Å². The highest BCUT2D eigenvalue weighted by atomic mass is 16.5. The standard InChI is InChI=1S/C26H28N4O5/c1-17-22(29-11-3-2-5-20(29)27-17)24(32)21-23(18-6-8-19(31)9-7-18)30(26(34)25(21)33)12-4-10-28-13-15-35-16-14-28/h2-3,5-9,11,23,31-32H,4,10,12-16H2,1H3. The average molecular weight is 477 g/mol. The van der Waals surface area contributed by atoms with E-state index in [-0.39, 0.29) is 17.1 Å². The number of phenolic OH excluding ortho intramolecular Hbond substituents is 1. The number of aromatic nitrogens is 2. The summed E-state index contributed by atoms with van der Waals surface area (Å²) < 4.78 is 7.11. The van der Waals surface area contributed by atoms with E-state index in [1.807, 2.05) is 18.2 Å². The van der Waals surface area contributed by atoms with Crippen molar-refractivity contribution in [1.82, 2.24) is 19.2 Å². The van der Waals surface area contributed by atoms with Crippen molar-refractivity contribution in [3.63, 3.8) is 0 Å². The van der Waals surface area contributed by atoms with Crippen LogP contribution < -0.4 is 0 Å². The normalized spacial score (nSPS) is 20.7. The Hall–Kier alpha value is -3.69. The molecular weight excluding hydrogens is 448 g/mol. The lowest BCUT2D eigenvalue weighted by molar-refractivity contribution is -0.140. The van der Waals surface area contributed by atoms with Gasteiger partial charge in [-0.15, -0.1) is 0 Å². The van der Waals surface area contributed by atoms with Crippen LogP contribution >= 0.6 is 0 Å². The van der Waals surface area contributed by atoms with Crippen molar-refractivity contribution in [3.8, 4) is 5.75 Å². The molecule has 3 aromatic rings. The molecule has 1 amide bonds. The molecule has 2 aromatic heterocycles. The van der Waals surface area contributed by atoms with Gasteiger partial charge in [0.2, 0.25) is 0 Å². The van der Waals surface area contributed by atoms with Gasteiger partial charge in [-0.1, -0.05) is 18.2 Å². The summed E-state index contributed by atoms with van der Waals surface area (Å²) in [7, 11) is 0. The number of rotatable bonds is 6. The molecule has 182 valence electrons. The highest BCUT2D eigenvalue weighted by molar-refractivity contribution is 6.46. The topological polar surface area (TPSA) is 108 Å². The maximum atomic E-state index is 13.3. The average Bonchev–Trinajstić information content (AvgIpc) is 3.33. The zero-order chi connectivity index (χ0) is 24.5. The highest BCUT2D eigenvalue weighted by Gasteiger charge is 2.46. The number of aromatic hydroxyl groups is 1. The fourth-order valence-electron chi connectivity index (χ4n) is 4.93. The molecule has 1 atom stereocenters. The van der Waals surface area contributed by atoms with Gasteiger partial charge in [-0.05, 0) is 43.2 Å². The maximum Gasteiger partial charge on any atom is 0.295 e. The van der Waals surface area contributed by atoms with Crippen LogP contribution in [0.3, 0.4) is 0 Å². The number of hydrogen-bond donors (Lipinski definition) is 2. The minimum Gasteiger partial charge on any atom is -0.508 e. The second-order valence-corrected chi connectivity index (χ2v) is 8.87. The first-order chi connectivity index (χ1) is 17.0. The smallest absolute Gasteiger partial charge is 0.295 e. The Bertz CT molecular complexity index is 1290. The van der Waals surface area contributed by atoms with Gasteiger partial charge in [0.1, 0.15) is 17.1 Å². The molecule has 2 aliphatic rings. The molecule has 0 aliphatic carbocycles. The minimum atomic E-state index is -0.769. The predicted octanol–water partition coefficient (Wildman–Crippen LogP) is 2.49. The predicted molar refractivity (Wildman–Crippen MR) is 129 cm³/mol. The summed E-state index contributed by atoms with van der Waals surface area (Å²) in [5.74, 6) is -1.54. The van der Waals surface area contributed by atoms with Crippen LogP contribution in [0.15, 0.2) is 54.2 Å². The maximum absolute atomic E-state index is 13.3. The van der Waals surface area contributed by atoms with Gasteiger partial charge in [0, 0.05) is 32.4 Å². The Morgan fingerprint density at radius 1 is 1.09 bits per heavy atom. The van der Waals surface area contributed by atoms with E-state index in [1.54, 1.807) is 29.7 Å². The lowest BCUT2D eigenvalue weighted by Gasteiger charge is -2.29. The van der Waals surface area contributed by atoms with Crippen molar-refractivity contribution >= 4 is 23.1 Å². The summed E-state index contributed by atoms with van der Waals surface area (Å²) in [6.07, 6.45) is 2.44. The van der Waals surface area contributed by atoms with E-state index in [9.17, 15) is 19.8 Å². The number of ether oxygens (including phenoxy) is 1. The summed E-state index contributed by atoms with van der Waals surface area (Å²) in [4.78, 5) is 34.8. The molecule has 1 aromatic carbocycles. The zero-order valence-electron chi connectivity index (χ0n) is 19.6. The number of carbonyl (C=O) groups is 2. The minimum absolute atomic E-state index is 0.0285. The van der Waals surface area contributed by atoms with E-state index in [4.69, 9.17) is 4.74 Å². The van der Waals surface area contributed by atoms with E-state index in [2.05, 4.69) is 9.88 Å². The number of benzene rings is 1. The monoisotopic (exact) mass is 476 g/mol. The number of aliphatic hydroxyl groups is 1. The summed E-state index contributed by atoms with van der Waals surface area (Å²) in [5.41, 5.74) is 2.24. The fourth-order valence-corrected chi connectivity index (χ4v) is 4.93. The first-order valence-electron chi connectivity index (χ1n) is 11.8. The Balaban J connectivity index is 1.54. The van der Waals surface area contributed by atoms with Crippen LogP contribution in [0.25, 0.3) is 11.4 Å². The van der Waals surface area contributed by atoms with Crippen LogP contribution in [0.1, 0.15) is 29.4 Å². The lowest BCUT2D eigenvalue weighted by Crippen LogP contribution is -2.38. The van der Waals surface area contributed by atoms with E-state index in [0.29, 0.717) is 48.8 Å². The van der Waals surface area contributed by atoms with Crippen LogP contribution in [-0.2, 0) is 14.3 Å². The molecule has 2 aliphatic heterocycles. The van der Waals surface area contributed by atoms with Gasteiger partial charge in [-0.3, -0.25) is 18.9 Å². The quantitative estimate of drug-likeness (QED) is 0.320. The molecule has 0 bridgehead atoms. The van der Waals surface area contributed by atoms with Crippen LogP contribution in [0, 0.1) is 6.92 Å². The number of Topliss-reactive ketones (excluding diaryl/α,β-unsaturated/α-hetero) is 1. The number of aryl methyl sites for hydroxylation is 1. The molecule has 1 unspecified atom stereocenters. The molecular formula is C26H28N4O5. The fraction of sp³-hybridized carbons (Fsp3) is 0.346. The van der Waals surface area contributed by atoms with Gasteiger partial charge in [0.15, 0.2) is 5.76 Å². The largest absolute Gasteiger partial charge is 0.508 e. The number of pyridine rings is 1. The number of aliphatic hydroxyl groups excluding tert-OH is 1. The number of ketones is 1. The number of morpholine rings is 1. The van der Waals surface area contributed by atoms with Crippen LogP contribution in [-0.4, -0.2) is 80.5 Å². The SMILES string of the molecule is Cc1nc2ccccn2c1C(O)=C1C(=O)C(=O)N(CCCN2CCOCC2)C1c1ccc(O)cc1. The van der Waals surface area contributed by atoms with Crippen molar-refractivity contribution in [3.05, 3.63) is 71.2 Å². The third kappa shape index (κ3) is 4.28. The van der Waals surface area contributed by atoms with Gasteiger partial charge in [-0.25, -0.2) is 4.98 Å². The summed E-state index contributed by atoms with van der Waals surface area (Å²) >= 11 is 0. The number of likely N-dealkylation sites (tertiary alicyclic amines) is 1. The molecule has 0 radical (unpaired) electrons. The molecule has 4 heterocycles. The third-order valence-corrected chi connectivity index (χ3v) is 6.65. The Kier molecular flexibility index (Phi) is 6.27. The molecule has 9 heteroatoms. The van der Waals surface area contributed by atoms with Gasteiger partial charge in [0.25, 0.3) is 11.7 Å². The first kappa shape index (κ1) is 23.1. The van der Waals surface area contributed by atoms with Gasteiger partial charge in [-0.2, -0.15) is 0 Å². The van der Waals surface area contributed by atoms with Crippen molar-refractivity contribution in [2.24, 2.45) is 0 Å². The number of amides is 1. The van der Waals surface area contributed by atoms with E-state index >= 15 is 0 Å². The van der Waals surface area contributed by atoms with Gasteiger partial charge in [0.05, 0.1) is 30.5 Å². The first-order valence-corrected chi connectivity index (χ1v) is 11.8. The second kappa shape index (κ2) is 9.52. The number of phenols is 1. The number of carbonyl (C=O) groups excluding carboxylic acids is 2. The van der Waals surface area contributed by atoms with Crippen LogP contribution in [0.4, 0.5) is 0 Å². The molecule has 2 N–H and O–H groups in total. The summed E-state index contributed by atoms with van der Waals surface area (Å²) in [6, 6.07) is 11.1. The molecule has 0 saturated carbocycles. The van der Waals surface area contributed by atoms with Crippen LogP contribution in [0.2, 0.25) is 0 Å². The van der Waals surface area contributed by atoms with Crippen molar-refractivity contribution in [2.45, 2.75) is 19.4 Å². The lowest BCUT2D eigenvalue weighted by atomic mass is 9.96. The number of imidazole rings is 1. The number of nitrogens with zero attached hydrogens (tertiary/aromatic N) is 4. The highest BCUT2D eigenvalue weighted by Crippen LogP contribution is 2.40. The number of hydrogen-bond acceptors (Lipinski definition) is 7. The van der Waals surface area contributed by atoms with Crippen molar-refractivity contribution in [1.29, 1.82) is 0 Å². The van der Waals surface area contributed by atoms with Crippen molar-refractivity contribution < 1.29 is 24.5 Å². The zero-order valence-corrected chi connectivity index (χ0v) is 19.6. The van der Waals surface area contributed by atoms with Crippen molar-refractivity contribution in [2.75, 3.05) is 39.4 Å². The molecule has 35 heavy (non-hydrogen) atoms. The molecule has 0 spiro atoms. The Morgan fingerprint density at radius 2 is 1.83 bits per heavy atom. The summed E-state index contributed by atoms with van der Waals surface area (Å²) in [6.45, 7) is 5.96. The third-order valence-electron chi connectivity index (χ3n) is 6.65. The van der Waals surface area contributed by atoms with E-state index in [1.165, 1.54) is 17.0 Å². The second-order valence-electron chi connectivity index (χ2n) is 8.87. The molecule has 2 fully saturated rings. The molecule has 2 saturated heterocycles. The Morgan fingerprint density at radius 3 is 2.57 bits per heavy atom. The number of fused-ring (bicyclic) bond motifs is 1. The summed E-state index contributed by atoms with van der Waals surface area (Å²) in [5, 5.41) is 21.3. The molecule has 9 nitrogen and oxygen atoms in total.